The van der Waals surface area contributed by atoms with Gasteiger partial charge in [0.1, 0.15) is 6.04 Å². The van der Waals surface area contributed by atoms with E-state index in [9.17, 15) is 9.59 Å². The molecule has 1 aliphatic heterocycles. The van der Waals surface area contributed by atoms with Crippen molar-refractivity contribution >= 4 is 34.8 Å². The highest BCUT2D eigenvalue weighted by Crippen LogP contribution is 2.34. The Kier molecular flexibility index (Phi) is 4.30. The molecule has 0 aliphatic carbocycles. The van der Waals surface area contributed by atoms with Gasteiger partial charge in [0.15, 0.2) is 0 Å². The van der Waals surface area contributed by atoms with Crippen molar-refractivity contribution in [3.05, 3.63) is 53.3 Å². The predicted molar refractivity (Wildman–Crippen MR) is 89.8 cm³/mol. The van der Waals surface area contributed by atoms with Gasteiger partial charge in [-0.2, -0.15) is 0 Å². The third-order valence-corrected chi connectivity index (χ3v) is 3.98. The number of hydrogen-bond donors (Lipinski definition) is 1. The molecule has 0 spiro atoms. The molecule has 2 amide bonds. The molecule has 1 N–H and O–H groups in total. The molecular formula is C17H16ClN3O2. The van der Waals surface area contributed by atoms with Crippen LogP contribution in [0, 0.1) is 0 Å². The quantitative estimate of drug-likeness (QED) is 0.937. The van der Waals surface area contributed by atoms with Gasteiger partial charge in [-0.05, 0) is 24.6 Å². The number of fused-ring (bicyclic) bond motifs is 1. The summed E-state index contributed by atoms with van der Waals surface area (Å²) in [5, 5.41) is 3.25. The van der Waals surface area contributed by atoms with E-state index < -0.39 is 6.04 Å². The van der Waals surface area contributed by atoms with E-state index in [1.165, 1.54) is 12.4 Å². The second kappa shape index (κ2) is 6.38. The van der Waals surface area contributed by atoms with Gasteiger partial charge in [-0.15, -0.1) is 0 Å². The van der Waals surface area contributed by atoms with Gasteiger partial charge in [0.25, 0.3) is 5.91 Å². The van der Waals surface area contributed by atoms with Gasteiger partial charge in [0, 0.05) is 12.4 Å². The lowest BCUT2D eigenvalue weighted by atomic mass is 10.0. The number of benzene rings is 1. The predicted octanol–water partition coefficient (Wildman–Crippen LogP) is 3.50. The molecule has 0 unspecified atom stereocenters. The Balaban J connectivity index is 2.08. The van der Waals surface area contributed by atoms with E-state index in [1.54, 1.807) is 17.0 Å². The number of anilines is 2. The van der Waals surface area contributed by atoms with E-state index in [-0.39, 0.29) is 11.8 Å². The summed E-state index contributed by atoms with van der Waals surface area (Å²) in [4.78, 5) is 30.9. The molecule has 1 atom stereocenters. The highest BCUT2D eigenvalue weighted by Gasteiger charge is 2.36. The van der Waals surface area contributed by atoms with E-state index in [2.05, 4.69) is 10.3 Å². The van der Waals surface area contributed by atoms with Crippen molar-refractivity contribution in [2.24, 2.45) is 0 Å². The van der Waals surface area contributed by atoms with Crippen molar-refractivity contribution in [2.75, 3.05) is 10.2 Å². The van der Waals surface area contributed by atoms with E-state index in [0.29, 0.717) is 28.4 Å². The third kappa shape index (κ3) is 2.92. The number of carbonyl (C=O) groups is 2. The SMILES string of the molecule is CCC[C@H]1C(=O)Nc2ccccc2N1C(=O)c1cncc(Cl)c1. The van der Waals surface area contributed by atoms with Crippen LogP contribution in [0.15, 0.2) is 42.7 Å². The van der Waals surface area contributed by atoms with Crippen LogP contribution in [0.2, 0.25) is 5.02 Å². The first-order valence-corrected chi connectivity index (χ1v) is 7.83. The molecule has 2 aromatic rings. The van der Waals surface area contributed by atoms with Crippen LogP contribution in [0.4, 0.5) is 11.4 Å². The highest BCUT2D eigenvalue weighted by atomic mass is 35.5. The third-order valence-electron chi connectivity index (χ3n) is 3.77. The molecule has 0 bridgehead atoms. The molecule has 2 heterocycles. The molecular weight excluding hydrogens is 314 g/mol. The fourth-order valence-corrected chi connectivity index (χ4v) is 2.92. The smallest absolute Gasteiger partial charge is 0.260 e. The number of para-hydroxylation sites is 2. The Bertz CT molecular complexity index is 763. The van der Waals surface area contributed by atoms with Gasteiger partial charge in [0.05, 0.1) is 22.0 Å². The molecule has 5 nitrogen and oxygen atoms in total. The molecule has 1 aromatic carbocycles. The lowest BCUT2D eigenvalue weighted by molar-refractivity contribution is -0.117. The molecule has 0 fully saturated rings. The van der Waals surface area contributed by atoms with Gasteiger partial charge in [-0.1, -0.05) is 37.1 Å². The average Bonchev–Trinajstić information content (AvgIpc) is 2.55. The summed E-state index contributed by atoms with van der Waals surface area (Å²) in [6, 6.07) is 8.30. The van der Waals surface area contributed by atoms with Crippen molar-refractivity contribution in [1.82, 2.24) is 4.98 Å². The number of rotatable bonds is 3. The normalized spacial score (nSPS) is 16.7. The van der Waals surface area contributed by atoms with Crippen LogP contribution in [-0.2, 0) is 4.79 Å². The maximum atomic E-state index is 13.0. The summed E-state index contributed by atoms with van der Waals surface area (Å²) < 4.78 is 0. The van der Waals surface area contributed by atoms with Gasteiger partial charge in [-0.3, -0.25) is 19.5 Å². The zero-order chi connectivity index (χ0) is 16.4. The van der Waals surface area contributed by atoms with Crippen LogP contribution < -0.4 is 10.2 Å². The maximum Gasteiger partial charge on any atom is 0.260 e. The Labute approximate surface area is 139 Å². The van der Waals surface area contributed by atoms with E-state index in [4.69, 9.17) is 11.6 Å². The van der Waals surface area contributed by atoms with Gasteiger partial charge < -0.3 is 5.32 Å². The first-order valence-electron chi connectivity index (χ1n) is 7.46. The number of hydrogen-bond acceptors (Lipinski definition) is 3. The van der Waals surface area contributed by atoms with E-state index in [0.717, 1.165) is 6.42 Å². The Morgan fingerprint density at radius 1 is 1.35 bits per heavy atom. The molecule has 1 aliphatic rings. The number of nitrogens with zero attached hydrogens (tertiary/aromatic N) is 2. The van der Waals surface area contributed by atoms with Crippen LogP contribution in [-0.4, -0.2) is 22.8 Å². The fourth-order valence-electron chi connectivity index (χ4n) is 2.74. The topological polar surface area (TPSA) is 62.3 Å². The van der Waals surface area contributed by atoms with Crippen molar-refractivity contribution in [3.8, 4) is 0 Å². The summed E-state index contributed by atoms with van der Waals surface area (Å²) in [6.07, 6.45) is 4.31. The maximum absolute atomic E-state index is 13.0. The molecule has 3 rings (SSSR count). The van der Waals surface area contributed by atoms with Gasteiger partial charge in [-0.25, -0.2) is 0 Å². The summed E-state index contributed by atoms with van der Waals surface area (Å²) in [7, 11) is 0. The molecule has 0 radical (unpaired) electrons. The van der Waals surface area contributed by atoms with Crippen LogP contribution in [0.25, 0.3) is 0 Å². The number of amides is 2. The second-order valence-electron chi connectivity index (χ2n) is 5.38. The number of aromatic nitrogens is 1. The van der Waals surface area contributed by atoms with Crippen molar-refractivity contribution in [1.29, 1.82) is 0 Å². The van der Waals surface area contributed by atoms with E-state index in [1.807, 2.05) is 25.1 Å². The standard InChI is InChI=1S/C17H16ClN3O2/c1-2-5-15-16(22)20-13-6-3-4-7-14(13)21(15)17(23)11-8-12(18)10-19-9-11/h3-4,6-10,15H,2,5H2,1H3,(H,20,22)/t15-/m0/s1. The lowest BCUT2D eigenvalue weighted by Gasteiger charge is -2.36. The minimum atomic E-state index is -0.540. The minimum Gasteiger partial charge on any atom is -0.322 e. The Morgan fingerprint density at radius 2 is 2.13 bits per heavy atom. The Hall–Kier alpha value is -2.40. The van der Waals surface area contributed by atoms with Crippen molar-refractivity contribution < 1.29 is 9.59 Å². The average molecular weight is 330 g/mol. The molecule has 118 valence electrons. The number of halogens is 1. The number of pyridine rings is 1. The zero-order valence-corrected chi connectivity index (χ0v) is 13.4. The highest BCUT2D eigenvalue weighted by molar-refractivity contribution is 6.31. The summed E-state index contributed by atoms with van der Waals surface area (Å²) in [5.41, 5.74) is 1.69. The Morgan fingerprint density at radius 3 is 2.87 bits per heavy atom. The van der Waals surface area contributed by atoms with E-state index >= 15 is 0 Å². The first kappa shape index (κ1) is 15.5. The summed E-state index contributed by atoms with van der Waals surface area (Å²) in [6.45, 7) is 1.98. The largest absolute Gasteiger partial charge is 0.322 e. The lowest BCUT2D eigenvalue weighted by Crippen LogP contribution is -2.51. The zero-order valence-electron chi connectivity index (χ0n) is 12.6. The molecule has 23 heavy (non-hydrogen) atoms. The number of carbonyl (C=O) groups excluding carboxylic acids is 2. The van der Waals surface area contributed by atoms with Crippen LogP contribution in [0.3, 0.4) is 0 Å². The summed E-state index contributed by atoms with van der Waals surface area (Å²) in [5.74, 6) is -0.449. The number of nitrogens with one attached hydrogen (secondary N) is 1. The summed E-state index contributed by atoms with van der Waals surface area (Å²) >= 11 is 5.94. The molecule has 6 heteroatoms. The van der Waals surface area contributed by atoms with Gasteiger partial charge >= 0.3 is 0 Å². The molecule has 1 aromatic heterocycles. The fraction of sp³-hybridized carbons (Fsp3) is 0.235. The molecule has 0 saturated carbocycles. The molecule has 0 saturated heterocycles. The van der Waals surface area contributed by atoms with Crippen LogP contribution >= 0.6 is 11.6 Å². The van der Waals surface area contributed by atoms with Crippen LogP contribution in [0.1, 0.15) is 30.1 Å². The van der Waals surface area contributed by atoms with Crippen molar-refractivity contribution in [3.63, 3.8) is 0 Å². The minimum absolute atomic E-state index is 0.172. The van der Waals surface area contributed by atoms with Crippen molar-refractivity contribution in [2.45, 2.75) is 25.8 Å². The van der Waals surface area contributed by atoms with Gasteiger partial charge in [0.2, 0.25) is 5.91 Å². The monoisotopic (exact) mass is 329 g/mol. The van der Waals surface area contributed by atoms with Crippen LogP contribution in [0.5, 0.6) is 0 Å². The second-order valence-corrected chi connectivity index (χ2v) is 5.81. The first-order chi connectivity index (χ1) is 11.1.